The van der Waals surface area contributed by atoms with Gasteiger partial charge in [0.2, 0.25) is 5.82 Å². The van der Waals surface area contributed by atoms with Gasteiger partial charge in [0.15, 0.2) is 0 Å². The van der Waals surface area contributed by atoms with E-state index in [1.54, 1.807) is 5.01 Å². The lowest BCUT2D eigenvalue weighted by Gasteiger charge is -2.38. The average molecular weight is 541 g/mol. The van der Waals surface area contributed by atoms with Crippen LogP contribution in [0.25, 0.3) is 0 Å². The number of nitrogens with zero attached hydrogens (tertiary/aromatic N) is 7. The number of hydrogen-bond donors (Lipinski definition) is 1. The number of rotatable bonds is 8. The summed E-state index contributed by atoms with van der Waals surface area (Å²) in [6.07, 6.45) is 9.25. The minimum Gasteiger partial charge on any atom is -0.306 e. The first-order chi connectivity index (χ1) is 19.5. The zero-order valence-corrected chi connectivity index (χ0v) is 23.8. The third-order valence-corrected chi connectivity index (χ3v) is 8.70. The molecule has 0 bridgehead atoms. The number of carbonyl (C=O) groups excluding carboxylic acids is 1. The molecule has 0 spiro atoms. The van der Waals surface area contributed by atoms with E-state index >= 15 is 0 Å². The van der Waals surface area contributed by atoms with E-state index in [1.165, 1.54) is 45.1 Å². The Hall–Kier alpha value is -3.00. The molecule has 3 fully saturated rings. The number of carbonyl (C=O) groups is 1. The maximum Gasteiger partial charge on any atom is 0.269 e. The van der Waals surface area contributed by atoms with Gasteiger partial charge < -0.3 is 9.80 Å². The van der Waals surface area contributed by atoms with Gasteiger partial charge in [0.25, 0.3) is 5.91 Å². The highest BCUT2D eigenvalue weighted by atomic mass is 16.2. The monoisotopic (exact) mass is 540 g/mol. The second-order valence-electron chi connectivity index (χ2n) is 11.7. The van der Waals surface area contributed by atoms with Gasteiger partial charge in [0.1, 0.15) is 19.7 Å². The summed E-state index contributed by atoms with van der Waals surface area (Å²) in [5.74, 6) is 1.05. The van der Waals surface area contributed by atoms with Crippen LogP contribution in [0, 0.1) is 17.2 Å². The number of amides is 1. The van der Waals surface area contributed by atoms with Crippen molar-refractivity contribution in [3.63, 3.8) is 0 Å². The first kappa shape index (κ1) is 28.5. The molecular weight excluding hydrogens is 499 g/mol. The Kier molecular flexibility index (Phi) is 9.68. The van der Waals surface area contributed by atoms with E-state index in [4.69, 9.17) is 7.85 Å². The molecule has 10 heteroatoms. The molecule has 40 heavy (non-hydrogen) atoms. The summed E-state index contributed by atoms with van der Waals surface area (Å²) in [6.45, 7) is 8.81. The van der Waals surface area contributed by atoms with Crippen molar-refractivity contribution in [2.24, 2.45) is 5.92 Å². The second kappa shape index (κ2) is 13.6. The van der Waals surface area contributed by atoms with Gasteiger partial charge >= 0.3 is 0 Å². The lowest BCUT2D eigenvalue weighted by Crippen LogP contribution is -2.52. The fourth-order valence-electron chi connectivity index (χ4n) is 6.27. The number of aromatic nitrogens is 2. The Balaban J connectivity index is 1.20. The first-order valence-corrected chi connectivity index (χ1v) is 14.8. The molecule has 0 unspecified atom stereocenters. The second-order valence-corrected chi connectivity index (χ2v) is 11.7. The van der Waals surface area contributed by atoms with E-state index < -0.39 is 0 Å². The van der Waals surface area contributed by atoms with Crippen LogP contribution < -0.4 is 15.9 Å². The smallest absolute Gasteiger partial charge is 0.269 e. The number of nitrogens with one attached hydrogen (secondary N) is 1. The number of benzene rings is 1. The highest BCUT2D eigenvalue weighted by Gasteiger charge is 2.27. The molecule has 1 saturated carbocycles. The van der Waals surface area contributed by atoms with E-state index in [0.717, 1.165) is 69.9 Å². The summed E-state index contributed by atoms with van der Waals surface area (Å²) in [4.78, 5) is 29.4. The van der Waals surface area contributed by atoms with Crippen molar-refractivity contribution in [3.8, 4) is 6.07 Å². The molecule has 2 aromatic rings. The Morgan fingerprint density at radius 2 is 1.80 bits per heavy atom. The maximum atomic E-state index is 13.5. The molecule has 3 aliphatic rings. The van der Waals surface area contributed by atoms with Crippen molar-refractivity contribution in [1.82, 2.24) is 30.1 Å². The molecule has 2 aliphatic heterocycles. The molecule has 2 radical (unpaired) electrons. The minimum absolute atomic E-state index is 0.0349. The summed E-state index contributed by atoms with van der Waals surface area (Å²) in [6, 6.07) is 9.94. The van der Waals surface area contributed by atoms with Crippen LogP contribution in [0.4, 0.5) is 5.82 Å². The van der Waals surface area contributed by atoms with Gasteiger partial charge in [-0.25, -0.2) is 9.97 Å². The van der Waals surface area contributed by atoms with Crippen LogP contribution in [0.2, 0.25) is 0 Å². The highest BCUT2D eigenvalue weighted by molar-refractivity contribution is 6.35. The van der Waals surface area contributed by atoms with Crippen molar-refractivity contribution in [1.29, 1.82) is 5.26 Å². The molecule has 5 rings (SSSR count). The molecule has 1 aliphatic carbocycles. The average Bonchev–Trinajstić information content (AvgIpc) is 2.99. The predicted molar refractivity (Wildman–Crippen MR) is 157 cm³/mol. The maximum absolute atomic E-state index is 13.5. The molecule has 1 aromatic heterocycles. The van der Waals surface area contributed by atoms with Crippen molar-refractivity contribution in [2.75, 3.05) is 57.9 Å². The summed E-state index contributed by atoms with van der Waals surface area (Å²) >= 11 is 0. The predicted octanol–water partition coefficient (Wildman–Crippen LogP) is 2.09. The van der Waals surface area contributed by atoms with Crippen molar-refractivity contribution in [3.05, 3.63) is 47.4 Å². The molecule has 210 valence electrons. The fourth-order valence-corrected chi connectivity index (χ4v) is 6.27. The Morgan fingerprint density at radius 3 is 2.52 bits per heavy atom. The zero-order chi connectivity index (χ0) is 27.9. The summed E-state index contributed by atoms with van der Waals surface area (Å²) in [5.41, 5.74) is 5.16. The number of piperidine rings is 1. The van der Waals surface area contributed by atoms with E-state index in [-0.39, 0.29) is 17.8 Å². The van der Waals surface area contributed by atoms with Gasteiger partial charge in [-0.15, -0.1) is 0 Å². The number of nitriles is 1. The summed E-state index contributed by atoms with van der Waals surface area (Å²) in [7, 11) is 8.45. The number of hydrazine groups is 1. The van der Waals surface area contributed by atoms with Crippen molar-refractivity contribution < 1.29 is 4.79 Å². The molecule has 1 amide bonds. The van der Waals surface area contributed by atoms with Crippen LogP contribution in [0.1, 0.15) is 66.7 Å². The number of likely N-dealkylation sites (tertiary alicyclic amines) is 1. The van der Waals surface area contributed by atoms with E-state index in [9.17, 15) is 10.1 Å². The molecule has 0 atom stereocenters. The van der Waals surface area contributed by atoms with Crippen molar-refractivity contribution in [2.45, 2.75) is 57.5 Å². The third-order valence-electron chi connectivity index (χ3n) is 8.70. The highest BCUT2D eigenvalue weighted by Crippen LogP contribution is 2.25. The number of hydrogen-bond acceptors (Lipinski definition) is 8. The van der Waals surface area contributed by atoms with Gasteiger partial charge in [-0.3, -0.25) is 20.1 Å². The molecule has 1 N–H and O–H groups in total. The van der Waals surface area contributed by atoms with Gasteiger partial charge in [0, 0.05) is 51.0 Å². The van der Waals surface area contributed by atoms with Crippen molar-refractivity contribution >= 4 is 25.0 Å². The van der Waals surface area contributed by atoms with Crippen LogP contribution >= 0.6 is 0 Å². The lowest BCUT2D eigenvalue weighted by atomic mass is 9.93. The SMILES string of the molecule is [B]c1cnc(C#N)nc1N(NC(=O)c1cccc(CN2CCN(CC3CCN(C)CC3)CC2)c1)C1CCCCC1. The van der Waals surface area contributed by atoms with Crippen LogP contribution in [0.5, 0.6) is 0 Å². The fraction of sp³-hybridized carbons (Fsp3) is 0.600. The van der Waals surface area contributed by atoms with Gasteiger partial charge in [-0.1, -0.05) is 31.4 Å². The van der Waals surface area contributed by atoms with Crippen LogP contribution in [-0.2, 0) is 6.54 Å². The van der Waals surface area contributed by atoms with Crippen LogP contribution in [-0.4, -0.2) is 97.3 Å². The van der Waals surface area contributed by atoms with Gasteiger partial charge in [-0.2, -0.15) is 5.26 Å². The Bertz CT molecular complexity index is 1180. The number of anilines is 1. The topological polar surface area (TPSA) is 91.6 Å². The standard InChI is InChI=1S/C30H41BN8O/c1-36-12-10-23(11-13-36)21-37-14-16-38(17-15-37)22-24-6-5-7-25(18-24)30(40)35-39(26-8-3-2-4-9-26)29-27(31)20-33-28(19-32)34-29/h5-7,18,20,23,26H,2-4,8-17,21-22H2,1H3,(H,35,40). The Labute approximate surface area is 239 Å². The van der Waals surface area contributed by atoms with E-state index in [0.29, 0.717) is 16.8 Å². The van der Waals surface area contributed by atoms with E-state index in [2.05, 4.69) is 43.2 Å². The quantitative estimate of drug-likeness (QED) is 0.402. The van der Waals surface area contributed by atoms with E-state index in [1.807, 2.05) is 24.3 Å². The van der Waals surface area contributed by atoms with Crippen LogP contribution in [0.3, 0.4) is 0 Å². The molecular formula is C30H41BN8O. The minimum atomic E-state index is -0.202. The molecule has 9 nitrogen and oxygen atoms in total. The Morgan fingerprint density at radius 1 is 1.07 bits per heavy atom. The first-order valence-electron chi connectivity index (χ1n) is 14.8. The normalized spacial score (nSPS) is 20.2. The summed E-state index contributed by atoms with van der Waals surface area (Å²) < 4.78 is 0. The number of piperazine rings is 1. The molecule has 1 aromatic carbocycles. The van der Waals surface area contributed by atoms with Crippen LogP contribution in [0.15, 0.2) is 30.5 Å². The van der Waals surface area contributed by atoms with Gasteiger partial charge in [-0.05, 0) is 74.9 Å². The summed E-state index contributed by atoms with van der Waals surface area (Å²) in [5, 5.41) is 11.1. The van der Waals surface area contributed by atoms with Gasteiger partial charge in [0.05, 0.1) is 6.04 Å². The largest absolute Gasteiger partial charge is 0.306 e. The molecule has 3 heterocycles. The third kappa shape index (κ3) is 7.39. The zero-order valence-electron chi connectivity index (χ0n) is 23.8. The lowest BCUT2D eigenvalue weighted by molar-refractivity contribution is 0.0938. The molecule has 2 saturated heterocycles.